The Morgan fingerprint density at radius 1 is 1.58 bits per heavy atom. The minimum absolute atomic E-state index is 0.146. The van der Waals surface area contributed by atoms with Crippen molar-refractivity contribution in [2.24, 2.45) is 17.1 Å². The molecule has 0 unspecified atom stereocenters. The number of rotatable bonds is 1. The molecule has 0 aromatic carbocycles. The van der Waals surface area contributed by atoms with Gasteiger partial charge in [0, 0.05) is 17.9 Å². The molecule has 2 heterocycles. The van der Waals surface area contributed by atoms with Crippen molar-refractivity contribution in [3.8, 4) is 0 Å². The molecule has 0 radical (unpaired) electrons. The fourth-order valence-electron chi connectivity index (χ4n) is 2.17. The van der Waals surface area contributed by atoms with Gasteiger partial charge in [0.1, 0.15) is 0 Å². The third kappa shape index (κ3) is 1.08. The third-order valence-electron chi connectivity index (χ3n) is 2.94. The van der Waals surface area contributed by atoms with Crippen LogP contribution in [-0.4, -0.2) is 39.7 Å². The second kappa shape index (κ2) is 2.43. The van der Waals surface area contributed by atoms with Crippen LogP contribution in [0.2, 0.25) is 0 Å². The van der Waals surface area contributed by atoms with Gasteiger partial charge in [0.2, 0.25) is 0 Å². The molecule has 0 aromatic rings. The number of ether oxygens (including phenoxy) is 1. The fourth-order valence-corrected chi connectivity index (χ4v) is 4.66. The summed E-state index contributed by atoms with van der Waals surface area (Å²) in [6, 6.07) is 0. The molecule has 2 rings (SSSR count). The smallest absolute Gasteiger partial charge is 0.151 e. The Balaban J connectivity index is 2.32. The zero-order valence-corrected chi connectivity index (χ0v) is 7.64. The number of sulfone groups is 1. The lowest BCUT2D eigenvalue weighted by Gasteiger charge is -2.22. The molecule has 2 aliphatic heterocycles. The van der Waals surface area contributed by atoms with Gasteiger partial charge in [0.25, 0.3) is 0 Å². The summed E-state index contributed by atoms with van der Waals surface area (Å²) < 4.78 is 27.8. The molecule has 0 aromatic heterocycles. The molecule has 0 amide bonds. The van der Waals surface area contributed by atoms with Gasteiger partial charge in [-0.05, 0) is 0 Å². The Hall–Kier alpha value is -0.130. The summed E-state index contributed by atoms with van der Waals surface area (Å²) in [5.41, 5.74) is 5.34. The summed E-state index contributed by atoms with van der Waals surface area (Å²) in [4.78, 5) is 0. The standard InChI is InChI=1S/C7H13NO3S/c8-3-7-4-11-1-6(7)2-12(9,10)5-7/h6H,1-5,8H2/t6-,7+/m0/s1. The van der Waals surface area contributed by atoms with E-state index >= 15 is 0 Å². The molecule has 0 aliphatic carbocycles. The molecule has 2 aliphatic rings. The van der Waals surface area contributed by atoms with Gasteiger partial charge in [0.05, 0.1) is 24.7 Å². The molecule has 0 saturated carbocycles. The zero-order chi connectivity index (χ0) is 8.82. The average molecular weight is 191 g/mol. The van der Waals surface area contributed by atoms with Crippen molar-refractivity contribution in [2.75, 3.05) is 31.3 Å². The predicted molar refractivity (Wildman–Crippen MR) is 44.5 cm³/mol. The number of nitrogens with two attached hydrogens (primary N) is 1. The van der Waals surface area contributed by atoms with Gasteiger partial charge < -0.3 is 10.5 Å². The van der Waals surface area contributed by atoms with E-state index in [0.29, 0.717) is 19.8 Å². The first-order chi connectivity index (χ1) is 5.58. The molecule has 70 valence electrons. The van der Waals surface area contributed by atoms with Crippen LogP contribution in [0.1, 0.15) is 0 Å². The van der Waals surface area contributed by atoms with Crippen LogP contribution < -0.4 is 5.73 Å². The van der Waals surface area contributed by atoms with Crippen molar-refractivity contribution in [1.82, 2.24) is 0 Å². The highest BCUT2D eigenvalue weighted by atomic mass is 32.2. The maximum Gasteiger partial charge on any atom is 0.151 e. The van der Waals surface area contributed by atoms with Crippen LogP contribution in [-0.2, 0) is 14.6 Å². The zero-order valence-electron chi connectivity index (χ0n) is 6.82. The Labute approximate surface area is 72.0 Å². The molecule has 5 heteroatoms. The van der Waals surface area contributed by atoms with Gasteiger partial charge in [-0.1, -0.05) is 0 Å². The molecule has 2 fully saturated rings. The topological polar surface area (TPSA) is 69.4 Å². The van der Waals surface area contributed by atoms with E-state index in [1.165, 1.54) is 0 Å². The van der Waals surface area contributed by atoms with Gasteiger partial charge in [-0.15, -0.1) is 0 Å². The summed E-state index contributed by atoms with van der Waals surface area (Å²) in [5.74, 6) is 0.637. The van der Waals surface area contributed by atoms with Crippen LogP contribution in [0.5, 0.6) is 0 Å². The van der Waals surface area contributed by atoms with Crippen LogP contribution in [0, 0.1) is 11.3 Å². The minimum atomic E-state index is -2.84. The van der Waals surface area contributed by atoms with Gasteiger partial charge in [-0.3, -0.25) is 0 Å². The maximum absolute atomic E-state index is 11.3. The lowest BCUT2D eigenvalue weighted by molar-refractivity contribution is 0.163. The van der Waals surface area contributed by atoms with Crippen LogP contribution in [0.3, 0.4) is 0 Å². The van der Waals surface area contributed by atoms with Gasteiger partial charge in [-0.2, -0.15) is 0 Å². The molecular weight excluding hydrogens is 178 g/mol. The lowest BCUT2D eigenvalue weighted by atomic mass is 9.81. The quantitative estimate of drug-likeness (QED) is 0.577. The second-order valence-electron chi connectivity index (χ2n) is 3.83. The van der Waals surface area contributed by atoms with Crippen LogP contribution in [0.15, 0.2) is 0 Å². The van der Waals surface area contributed by atoms with Crippen molar-refractivity contribution in [3.05, 3.63) is 0 Å². The van der Waals surface area contributed by atoms with Crippen LogP contribution >= 0.6 is 0 Å². The molecule has 0 spiro atoms. The SMILES string of the molecule is NC[C@]12COC[C@H]1CS(=O)(=O)C2. The fraction of sp³-hybridized carbons (Fsp3) is 1.00. The number of fused-ring (bicyclic) bond motifs is 1. The van der Waals surface area contributed by atoms with Crippen molar-refractivity contribution in [1.29, 1.82) is 0 Å². The molecule has 2 saturated heterocycles. The first-order valence-corrected chi connectivity index (χ1v) is 5.88. The molecule has 2 N–H and O–H groups in total. The highest BCUT2D eigenvalue weighted by Gasteiger charge is 2.52. The Kier molecular flexibility index (Phi) is 1.72. The summed E-state index contributed by atoms with van der Waals surface area (Å²) in [5, 5.41) is 0. The van der Waals surface area contributed by atoms with E-state index < -0.39 is 9.84 Å². The highest BCUT2D eigenvalue weighted by Crippen LogP contribution is 2.41. The van der Waals surface area contributed by atoms with Crippen molar-refractivity contribution < 1.29 is 13.2 Å². The van der Waals surface area contributed by atoms with E-state index in [4.69, 9.17) is 10.5 Å². The van der Waals surface area contributed by atoms with E-state index in [0.717, 1.165) is 0 Å². The van der Waals surface area contributed by atoms with Gasteiger partial charge in [0.15, 0.2) is 9.84 Å². The van der Waals surface area contributed by atoms with E-state index in [2.05, 4.69) is 0 Å². The van der Waals surface area contributed by atoms with E-state index in [1.54, 1.807) is 0 Å². The van der Waals surface area contributed by atoms with Gasteiger partial charge in [-0.25, -0.2) is 8.42 Å². The summed E-state index contributed by atoms with van der Waals surface area (Å²) in [6.07, 6.45) is 0. The average Bonchev–Trinajstić information content (AvgIpc) is 2.40. The minimum Gasteiger partial charge on any atom is -0.380 e. The van der Waals surface area contributed by atoms with Gasteiger partial charge >= 0.3 is 0 Å². The van der Waals surface area contributed by atoms with Crippen LogP contribution in [0.4, 0.5) is 0 Å². The summed E-state index contributed by atoms with van der Waals surface area (Å²) >= 11 is 0. The maximum atomic E-state index is 11.3. The van der Waals surface area contributed by atoms with Crippen molar-refractivity contribution in [2.45, 2.75) is 0 Å². The van der Waals surface area contributed by atoms with E-state index in [-0.39, 0.29) is 22.8 Å². The molecule has 4 nitrogen and oxygen atoms in total. The van der Waals surface area contributed by atoms with Crippen molar-refractivity contribution in [3.63, 3.8) is 0 Å². The summed E-state index contributed by atoms with van der Waals surface area (Å²) in [7, 11) is -2.84. The number of hydrogen-bond donors (Lipinski definition) is 1. The Morgan fingerprint density at radius 3 is 2.92 bits per heavy atom. The lowest BCUT2D eigenvalue weighted by Crippen LogP contribution is -2.37. The van der Waals surface area contributed by atoms with E-state index in [9.17, 15) is 8.42 Å². The third-order valence-corrected chi connectivity index (χ3v) is 4.87. The van der Waals surface area contributed by atoms with Crippen LogP contribution in [0.25, 0.3) is 0 Å². The molecule has 12 heavy (non-hydrogen) atoms. The molecule has 2 atom stereocenters. The first kappa shape index (κ1) is 8.47. The molecule has 0 bridgehead atoms. The largest absolute Gasteiger partial charge is 0.380 e. The van der Waals surface area contributed by atoms with E-state index in [1.807, 2.05) is 0 Å². The monoisotopic (exact) mass is 191 g/mol. The first-order valence-electron chi connectivity index (χ1n) is 4.06. The Bertz CT molecular complexity index is 287. The molecular formula is C7H13NO3S. The summed E-state index contributed by atoms with van der Waals surface area (Å²) in [6.45, 7) is 1.51. The predicted octanol–water partition coefficient (Wildman–Crippen LogP) is -0.994. The van der Waals surface area contributed by atoms with Crippen molar-refractivity contribution >= 4 is 9.84 Å². The Morgan fingerprint density at radius 2 is 2.33 bits per heavy atom. The highest BCUT2D eigenvalue weighted by molar-refractivity contribution is 7.91. The normalized spacial score (nSPS) is 44.6. The second-order valence-corrected chi connectivity index (χ2v) is 5.94. The number of hydrogen-bond acceptors (Lipinski definition) is 4.